The number of hydrogen-bond acceptors (Lipinski definition) is 7. The molecule has 4 rings (SSSR count). The fraction of sp³-hybridized carbons (Fsp3) is 0.286. The van der Waals surface area contributed by atoms with Gasteiger partial charge in [0.2, 0.25) is 5.91 Å². The fourth-order valence-corrected chi connectivity index (χ4v) is 3.35. The van der Waals surface area contributed by atoms with Gasteiger partial charge in [0, 0.05) is 42.6 Å². The van der Waals surface area contributed by atoms with Gasteiger partial charge in [-0.15, -0.1) is 0 Å². The minimum absolute atomic E-state index is 0.0157. The highest BCUT2D eigenvalue weighted by atomic mass is 16.5. The van der Waals surface area contributed by atoms with Gasteiger partial charge in [-0.3, -0.25) is 4.79 Å². The molecule has 29 heavy (non-hydrogen) atoms. The van der Waals surface area contributed by atoms with E-state index in [1.54, 1.807) is 44.4 Å². The minimum Gasteiger partial charge on any atom is -0.497 e. The first kappa shape index (κ1) is 18.8. The lowest BCUT2D eigenvalue weighted by atomic mass is 10.1. The second-order valence-corrected chi connectivity index (χ2v) is 6.67. The molecule has 1 fully saturated rings. The third-order valence-corrected chi connectivity index (χ3v) is 4.90. The van der Waals surface area contributed by atoms with Crippen molar-refractivity contribution in [3.63, 3.8) is 0 Å². The summed E-state index contributed by atoms with van der Waals surface area (Å²) in [6.07, 6.45) is 0.302. The predicted octanol–water partition coefficient (Wildman–Crippen LogP) is 3.28. The molecule has 1 aliphatic rings. The van der Waals surface area contributed by atoms with Crippen molar-refractivity contribution in [3.05, 3.63) is 48.3 Å². The molecular formula is C21H21N3O5. The third kappa shape index (κ3) is 3.73. The highest BCUT2D eigenvalue weighted by Gasteiger charge is 2.35. The minimum atomic E-state index is -0.164. The van der Waals surface area contributed by atoms with Gasteiger partial charge in [-0.05, 0) is 18.2 Å². The molecule has 8 heteroatoms. The quantitative estimate of drug-likeness (QED) is 0.633. The highest BCUT2D eigenvalue weighted by molar-refractivity contribution is 5.96. The number of anilines is 1. The first-order valence-corrected chi connectivity index (χ1v) is 9.12. The second kappa shape index (κ2) is 7.83. The topological polar surface area (TPSA) is 86.9 Å². The average Bonchev–Trinajstić information content (AvgIpc) is 3.40. The SMILES string of the molecule is COc1cccc(-c2nc(C3CC(=O)N(c4cc(OC)cc(OC)c4)C3)no2)c1. The Morgan fingerprint density at radius 1 is 1.00 bits per heavy atom. The Labute approximate surface area is 168 Å². The van der Waals surface area contributed by atoms with Gasteiger partial charge in [0.1, 0.15) is 17.2 Å². The van der Waals surface area contributed by atoms with Gasteiger partial charge in [-0.2, -0.15) is 4.98 Å². The van der Waals surface area contributed by atoms with E-state index in [2.05, 4.69) is 10.1 Å². The van der Waals surface area contributed by atoms with E-state index in [1.807, 2.05) is 24.3 Å². The summed E-state index contributed by atoms with van der Waals surface area (Å²) >= 11 is 0. The lowest BCUT2D eigenvalue weighted by Crippen LogP contribution is -2.24. The number of carbonyl (C=O) groups is 1. The number of hydrogen-bond donors (Lipinski definition) is 0. The van der Waals surface area contributed by atoms with Crippen molar-refractivity contribution in [1.29, 1.82) is 0 Å². The van der Waals surface area contributed by atoms with Crippen molar-refractivity contribution in [2.45, 2.75) is 12.3 Å². The predicted molar refractivity (Wildman–Crippen MR) is 106 cm³/mol. The Hall–Kier alpha value is -3.55. The van der Waals surface area contributed by atoms with Gasteiger partial charge in [-0.25, -0.2) is 0 Å². The van der Waals surface area contributed by atoms with E-state index in [0.29, 0.717) is 47.6 Å². The summed E-state index contributed by atoms with van der Waals surface area (Å²) in [5, 5.41) is 4.10. The summed E-state index contributed by atoms with van der Waals surface area (Å²) in [5.74, 6) is 2.67. The molecule has 2 heterocycles. The maximum Gasteiger partial charge on any atom is 0.258 e. The summed E-state index contributed by atoms with van der Waals surface area (Å²) in [4.78, 5) is 18.9. The van der Waals surface area contributed by atoms with E-state index in [9.17, 15) is 4.79 Å². The van der Waals surface area contributed by atoms with Gasteiger partial charge in [0.25, 0.3) is 5.89 Å². The highest BCUT2D eigenvalue weighted by Crippen LogP contribution is 2.35. The Bertz CT molecular complexity index is 1010. The first-order valence-electron chi connectivity index (χ1n) is 9.12. The molecule has 0 N–H and O–H groups in total. The van der Waals surface area contributed by atoms with Gasteiger partial charge < -0.3 is 23.6 Å². The van der Waals surface area contributed by atoms with Crippen LogP contribution in [0.2, 0.25) is 0 Å². The fourth-order valence-electron chi connectivity index (χ4n) is 3.35. The molecule has 0 saturated carbocycles. The zero-order chi connectivity index (χ0) is 20.4. The van der Waals surface area contributed by atoms with Crippen molar-refractivity contribution in [2.24, 2.45) is 0 Å². The van der Waals surface area contributed by atoms with Gasteiger partial charge in [0.05, 0.1) is 27.0 Å². The summed E-state index contributed by atoms with van der Waals surface area (Å²) < 4.78 is 21.3. The summed E-state index contributed by atoms with van der Waals surface area (Å²) in [6, 6.07) is 12.8. The van der Waals surface area contributed by atoms with Crippen LogP contribution in [0, 0.1) is 0 Å². The van der Waals surface area contributed by atoms with E-state index in [0.717, 1.165) is 5.56 Å². The Balaban J connectivity index is 1.56. The average molecular weight is 395 g/mol. The van der Waals surface area contributed by atoms with Crippen LogP contribution in [-0.4, -0.2) is 43.9 Å². The van der Waals surface area contributed by atoms with Crippen LogP contribution in [0.25, 0.3) is 11.5 Å². The molecule has 2 aromatic carbocycles. The number of benzene rings is 2. The molecule has 0 bridgehead atoms. The summed E-state index contributed by atoms with van der Waals surface area (Å²) in [5.41, 5.74) is 1.48. The molecule has 1 aliphatic heterocycles. The van der Waals surface area contributed by atoms with E-state index in [4.69, 9.17) is 18.7 Å². The van der Waals surface area contributed by atoms with Gasteiger partial charge in [0.15, 0.2) is 5.82 Å². The molecule has 0 spiro atoms. The Morgan fingerprint density at radius 3 is 2.41 bits per heavy atom. The molecule has 150 valence electrons. The van der Waals surface area contributed by atoms with Crippen LogP contribution in [0.4, 0.5) is 5.69 Å². The molecule has 1 amide bonds. The number of aromatic nitrogens is 2. The Kier molecular flexibility index (Phi) is 5.07. The van der Waals surface area contributed by atoms with E-state index in [-0.39, 0.29) is 11.8 Å². The molecule has 1 atom stereocenters. The number of methoxy groups -OCH3 is 3. The van der Waals surface area contributed by atoms with Crippen LogP contribution < -0.4 is 19.1 Å². The molecule has 1 unspecified atom stereocenters. The standard InChI is InChI=1S/C21H21N3O5/c1-26-16-6-4-5-13(7-16)21-22-20(23-29-21)14-8-19(25)24(12-14)15-9-17(27-2)11-18(10-15)28-3/h4-7,9-11,14H,8,12H2,1-3H3. The number of rotatable bonds is 6. The summed E-state index contributed by atoms with van der Waals surface area (Å²) in [7, 11) is 4.75. The van der Waals surface area contributed by atoms with Crippen molar-refractivity contribution < 1.29 is 23.5 Å². The second-order valence-electron chi connectivity index (χ2n) is 6.67. The molecule has 1 aromatic heterocycles. The largest absolute Gasteiger partial charge is 0.497 e. The van der Waals surface area contributed by atoms with E-state index < -0.39 is 0 Å². The zero-order valence-corrected chi connectivity index (χ0v) is 16.4. The monoisotopic (exact) mass is 395 g/mol. The number of carbonyl (C=O) groups excluding carboxylic acids is 1. The van der Waals surface area contributed by atoms with Crippen molar-refractivity contribution >= 4 is 11.6 Å². The van der Waals surface area contributed by atoms with Crippen molar-refractivity contribution in [2.75, 3.05) is 32.8 Å². The van der Waals surface area contributed by atoms with Crippen LogP contribution in [0.5, 0.6) is 17.2 Å². The van der Waals surface area contributed by atoms with Crippen LogP contribution >= 0.6 is 0 Å². The third-order valence-electron chi connectivity index (χ3n) is 4.90. The van der Waals surface area contributed by atoms with Gasteiger partial charge in [-0.1, -0.05) is 11.2 Å². The molecule has 1 saturated heterocycles. The van der Waals surface area contributed by atoms with Crippen LogP contribution in [-0.2, 0) is 4.79 Å². The molecular weight excluding hydrogens is 374 g/mol. The van der Waals surface area contributed by atoms with Crippen LogP contribution in [0.15, 0.2) is 47.0 Å². The molecule has 0 radical (unpaired) electrons. The van der Waals surface area contributed by atoms with Gasteiger partial charge >= 0.3 is 0 Å². The van der Waals surface area contributed by atoms with Crippen molar-refractivity contribution in [3.8, 4) is 28.7 Å². The maximum atomic E-state index is 12.7. The zero-order valence-electron chi connectivity index (χ0n) is 16.4. The molecule has 8 nitrogen and oxygen atoms in total. The van der Waals surface area contributed by atoms with E-state index in [1.165, 1.54) is 0 Å². The Morgan fingerprint density at radius 2 is 1.72 bits per heavy atom. The van der Waals surface area contributed by atoms with Crippen molar-refractivity contribution in [1.82, 2.24) is 10.1 Å². The lowest BCUT2D eigenvalue weighted by Gasteiger charge is -2.18. The summed E-state index contributed by atoms with van der Waals surface area (Å²) in [6.45, 7) is 0.451. The number of ether oxygens (including phenoxy) is 3. The smallest absolute Gasteiger partial charge is 0.258 e. The molecule has 0 aliphatic carbocycles. The number of amides is 1. The first-order chi connectivity index (χ1) is 14.1. The van der Waals surface area contributed by atoms with Crippen LogP contribution in [0.1, 0.15) is 18.2 Å². The number of nitrogens with zero attached hydrogens (tertiary/aromatic N) is 3. The molecule has 3 aromatic rings. The maximum absolute atomic E-state index is 12.7. The lowest BCUT2D eigenvalue weighted by molar-refractivity contribution is -0.117. The van der Waals surface area contributed by atoms with Crippen LogP contribution in [0.3, 0.4) is 0 Å². The van der Waals surface area contributed by atoms with E-state index >= 15 is 0 Å². The normalized spacial score (nSPS) is 16.2.